The van der Waals surface area contributed by atoms with Gasteiger partial charge in [-0.25, -0.2) is 0 Å². The summed E-state index contributed by atoms with van der Waals surface area (Å²) in [5, 5.41) is 8.48. The van der Waals surface area contributed by atoms with E-state index in [0.717, 1.165) is 41.6 Å². The molecule has 2 aromatic rings. The van der Waals surface area contributed by atoms with E-state index in [-0.39, 0.29) is 0 Å². The number of ether oxygens (including phenoxy) is 1. The van der Waals surface area contributed by atoms with Crippen molar-refractivity contribution in [1.29, 1.82) is 0 Å². The van der Waals surface area contributed by atoms with Crippen molar-refractivity contribution in [2.45, 2.75) is 26.4 Å². The molecule has 0 spiro atoms. The molecular formula is C15H18ClN3O. The number of hydrogen-bond acceptors (Lipinski definition) is 3. The van der Waals surface area contributed by atoms with Crippen LogP contribution in [0.4, 0.5) is 0 Å². The molecule has 0 unspecified atom stereocenters. The van der Waals surface area contributed by atoms with Crippen LogP contribution in [0.25, 0.3) is 0 Å². The molecule has 0 atom stereocenters. The Kier molecular flexibility index (Phi) is 3.68. The van der Waals surface area contributed by atoms with Gasteiger partial charge in [0.1, 0.15) is 5.75 Å². The summed E-state index contributed by atoms with van der Waals surface area (Å²) in [6, 6.07) is 3.97. The molecule has 1 aromatic carbocycles. The van der Waals surface area contributed by atoms with Crippen LogP contribution in [0.15, 0.2) is 18.3 Å². The number of hydrogen-bond donors (Lipinski definition) is 1. The molecule has 2 heterocycles. The monoisotopic (exact) mass is 291 g/mol. The molecule has 0 radical (unpaired) electrons. The minimum Gasteiger partial charge on any atom is -0.493 e. The quantitative estimate of drug-likeness (QED) is 0.941. The molecule has 0 aliphatic carbocycles. The van der Waals surface area contributed by atoms with Crippen molar-refractivity contribution in [2.75, 3.05) is 13.7 Å². The third-order valence-electron chi connectivity index (χ3n) is 3.57. The molecule has 5 heteroatoms. The first kappa shape index (κ1) is 13.5. The lowest BCUT2D eigenvalue weighted by Gasteiger charge is -2.09. The number of nitrogens with one attached hydrogen (secondary N) is 1. The minimum absolute atomic E-state index is 0.688. The number of rotatable bonds is 4. The summed E-state index contributed by atoms with van der Waals surface area (Å²) < 4.78 is 7.68. The maximum Gasteiger partial charge on any atom is 0.127 e. The Labute approximate surface area is 123 Å². The van der Waals surface area contributed by atoms with Gasteiger partial charge >= 0.3 is 0 Å². The van der Waals surface area contributed by atoms with Crippen LogP contribution in [0.3, 0.4) is 0 Å². The second kappa shape index (κ2) is 5.46. The maximum absolute atomic E-state index is 6.19. The molecule has 0 saturated carbocycles. The molecule has 0 saturated heterocycles. The van der Waals surface area contributed by atoms with Gasteiger partial charge in [-0.2, -0.15) is 5.10 Å². The largest absolute Gasteiger partial charge is 0.493 e. The van der Waals surface area contributed by atoms with E-state index in [9.17, 15) is 0 Å². The highest BCUT2D eigenvalue weighted by Crippen LogP contribution is 2.33. The molecule has 0 amide bonds. The van der Waals surface area contributed by atoms with Crippen LogP contribution in [0, 0.1) is 6.92 Å². The van der Waals surface area contributed by atoms with Crippen molar-refractivity contribution in [3.8, 4) is 5.75 Å². The molecule has 0 bridgehead atoms. The molecule has 20 heavy (non-hydrogen) atoms. The predicted octanol–water partition coefficient (Wildman–Crippen LogP) is 2.55. The topological polar surface area (TPSA) is 39.1 Å². The summed E-state index contributed by atoms with van der Waals surface area (Å²) in [5.74, 6) is 0.984. The van der Waals surface area contributed by atoms with Gasteiger partial charge in [-0.15, -0.1) is 0 Å². The highest BCUT2D eigenvalue weighted by Gasteiger charge is 2.18. The highest BCUT2D eigenvalue weighted by molar-refractivity contribution is 6.30. The van der Waals surface area contributed by atoms with E-state index >= 15 is 0 Å². The average molecular weight is 292 g/mol. The third kappa shape index (κ3) is 2.53. The molecule has 1 aliphatic rings. The SMILES string of the molecule is CNCc1cn(Cc2cc(Cl)cc3c2OCC3)nc1C. The van der Waals surface area contributed by atoms with Crippen LogP contribution >= 0.6 is 11.6 Å². The van der Waals surface area contributed by atoms with Crippen molar-refractivity contribution in [1.82, 2.24) is 15.1 Å². The van der Waals surface area contributed by atoms with Crippen molar-refractivity contribution >= 4 is 11.6 Å². The molecule has 1 N–H and O–H groups in total. The Morgan fingerprint density at radius 3 is 3.05 bits per heavy atom. The first-order valence-corrected chi connectivity index (χ1v) is 7.17. The van der Waals surface area contributed by atoms with Gasteiger partial charge in [-0.3, -0.25) is 4.68 Å². The number of aromatic nitrogens is 2. The first-order valence-electron chi connectivity index (χ1n) is 6.79. The minimum atomic E-state index is 0.688. The number of fused-ring (bicyclic) bond motifs is 1. The van der Waals surface area contributed by atoms with Crippen LogP contribution in [0.5, 0.6) is 5.75 Å². The average Bonchev–Trinajstić information content (AvgIpc) is 2.97. The standard InChI is InChI=1S/C15H18ClN3O/c1-10-13(7-17-2)9-19(18-10)8-12-6-14(16)5-11-3-4-20-15(11)12/h5-6,9,17H,3-4,7-8H2,1-2H3. The van der Waals surface area contributed by atoms with Crippen molar-refractivity contribution in [2.24, 2.45) is 0 Å². The van der Waals surface area contributed by atoms with Gasteiger partial charge in [0.25, 0.3) is 0 Å². The second-order valence-corrected chi connectivity index (χ2v) is 5.56. The van der Waals surface area contributed by atoms with E-state index in [4.69, 9.17) is 16.3 Å². The van der Waals surface area contributed by atoms with Gasteiger partial charge in [-0.05, 0) is 31.7 Å². The van der Waals surface area contributed by atoms with Gasteiger partial charge in [0, 0.05) is 35.3 Å². The van der Waals surface area contributed by atoms with Gasteiger partial charge < -0.3 is 10.1 Å². The molecule has 4 nitrogen and oxygen atoms in total. The summed E-state index contributed by atoms with van der Waals surface area (Å²) in [4.78, 5) is 0. The van der Waals surface area contributed by atoms with Gasteiger partial charge in [0.2, 0.25) is 0 Å². The van der Waals surface area contributed by atoms with Crippen molar-refractivity contribution in [3.05, 3.63) is 45.7 Å². The molecule has 3 rings (SSSR count). The zero-order valence-electron chi connectivity index (χ0n) is 11.7. The highest BCUT2D eigenvalue weighted by atomic mass is 35.5. The number of aryl methyl sites for hydroxylation is 1. The summed E-state index contributed by atoms with van der Waals surface area (Å²) in [7, 11) is 1.94. The van der Waals surface area contributed by atoms with Crippen molar-refractivity contribution < 1.29 is 4.74 Å². The summed E-state index contributed by atoms with van der Waals surface area (Å²) in [6.45, 7) is 4.29. The van der Waals surface area contributed by atoms with E-state index < -0.39 is 0 Å². The summed E-state index contributed by atoms with van der Waals surface area (Å²) >= 11 is 6.19. The fourth-order valence-corrected chi connectivity index (χ4v) is 2.91. The maximum atomic E-state index is 6.19. The Morgan fingerprint density at radius 2 is 2.25 bits per heavy atom. The van der Waals surface area contributed by atoms with Crippen LogP contribution in [-0.4, -0.2) is 23.4 Å². The smallest absolute Gasteiger partial charge is 0.127 e. The third-order valence-corrected chi connectivity index (χ3v) is 3.79. The number of halogens is 1. The molecule has 1 aliphatic heterocycles. The zero-order chi connectivity index (χ0) is 14.1. The Balaban J connectivity index is 1.90. The lowest BCUT2D eigenvalue weighted by molar-refractivity contribution is 0.352. The Hall–Kier alpha value is -1.52. The first-order chi connectivity index (χ1) is 9.67. The lowest BCUT2D eigenvalue weighted by atomic mass is 10.1. The van der Waals surface area contributed by atoms with E-state index in [1.54, 1.807) is 0 Å². The van der Waals surface area contributed by atoms with E-state index in [1.807, 2.05) is 30.8 Å². The predicted molar refractivity (Wildman–Crippen MR) is 79.5 cm³/mol. The molecular weight excluding hydrogens is 274 g/mol. The molecule has 1 aromatic heterocycles. The summed E-state index contributed by atoms with van der Waals surface area (Å²) in [5.41, 5.74) is 4.57. The van der Waals surface area contributed by atoms with Crippen LogP contribution < -0.4 is 10.1 Å². The van der Waals surface area contributed by atoms with Crippen molar-refractivity contribution in [3.63, 3.8) is 0 Å². The van der Waals surface area contributed by atoms with E-state index in [0.29, 0.717) is 6.54 Å². The number of benzene rings is 1. The zero-order valence-corrected chi connectivity index (χ0v) is 12.5. The van der Waals surface area contributed by atoms with Crippen LogP contribution in [0.1, 0.15) is 22.4 Å². The fourth-order valence-electron chi connectivity index (χ4n) is 2.64. The van der Waals surface area contributed by atoms with E-state index in [2.05, 4.69) is 16.6 Å². The lowest BCUT2D eigenvalue weighted by Crippen LogP contribution is -2.05. The normalized spacial score (nSPS) is 13.3. The van der Waals surface area contributed by atoms with Gasteiger partial charge in [0.05, 0.1) is 18.8 Å². The Morgan fingerprint density at radius 1 is 1.40 bits per heavy atom. The van der Waals surface area contributed by atoms with Gasteiger partial charge in [-0.1, -0.05) is 11.6 Å². The molecule has 106 valence electrons. The van der Waals surface area contributed by atoms with Crippen LogP contribution in [0.2, 0.25) is 5.02 Å². The second-order valence-electron chi connectivity index (χ2n) is 5.12. The summed E-state index contributed by atoms with van der Waals surface area (Å²) in [6.07, 6.45) is 3.01. The van der Waals surface area contributed by atoms with Gasteiger partial charge in [0.15, 0.2) is 0 Å². The fraction of sp³-hybridized carbons (Fsp3) is 0.400. The van der Waals surface area contributed by atoms with Crippen LogP contribution in [-0.2, 0) is 19.5 Å². The number of nitrogens with zero attached hydrogens (tertiary/aromatic N) is 2. The Bertz CT molecular complexity index is 636. The van der Waals surface area contributed by atoms with E-state index in [1.165, 1.54) is 11.1 Å². The molecule has 0 fully saturated rings.